The molecule has 2 aromatic rings. The second-order valence-corrected chi connectivity index (χ2v) is 6.30. The number of halogens is 1. The van der Waals surface area contributed by atoms with Crippen LogP contribution in [0.4, 0.5) is 0 Å². The predicted octanol–water partition coefficient (Wildman–Crippen LogP) is 5.08. The molecule has 0 aliphatic heterocycles. The van der Waals surface area contributed by atoms with E-state index in [0.717, 1.165) is 17.6 Å². The van der Waals surface area contributed by atoms with Gasteiger partial charge in [-0.2, -0.15) is 0 Å². The average Bonchev–Trinajstić information content (AvgIpc) is 2.61. The van der Waals surface area contributed by atoms with Gasteiger partial charge in [-0.25, -0.2) is 0 Å². The molecule has 4 heteroatoms. The van der Waals surface area contributed by atoms with Crippen molar-refractivity contribution in [2.45, 2.75) is 38.4 Å². The van der Waals surface area contributed by atoms with Gasteiger partial charge in [-0.1, -0.05) is 54.9 Å². The van der Waals surface area contributed by atoms with E-state index in [1.165, 1.54) is 12.1 Å². The second kappa shape index (κ2) is 9.45. The van der Waals surface area contributed by atoms with Gasteiger partial charge < -0.3 is 15.3 Å². The highest BCUT2D eigenvalue weighted by molar-refractivity contribution is 6.31. The molecule has 0 radical (unpaired) electrons. The zero-order chi connectivity index (χ0) is 18.2. The minimum atomic E-state index is -0.766. The fourth-order valence-electron chi connectivity index (χ4n) is 2.56. The van der Waals surface area contributed by atoms with E-state index in [4.69, 9.17) is 11.6 Å². The third-order valence-corrected chi connectivity index (χ3v) is 4.37. The van der Waals surface area contributed by atoms with E-state index in [2.05, 4.69) is 5.73 Å². The predicted molar refractivity (Wildman–Crippen MR) is 101 cm³/mol. The van der Waals surface area contributed by atoms with Crippen LogP contribution in [0.2, 0.25) is 5.02 Å². The number of aliphatic hydroxyl groups is 2. The summed E-state index contributed by atoms with van der Waals surface area (Å²) >= 11 is 6.04. The molecule has 25 heavy (non-hydrogen) atoms. The molecule has 0 aromatic heterocycles. The summed E-state index contributed by atoms with van der Waals surface area (Å²) in [5.74, 6) is 0.0690. The highest BCUT2D eigenvalue weighted by atomic mass is 35.5. The molecule has 2 rings (SSSR count). The quantitative estimate of drug-likeness (QED) is 0.604. The molecule has 0 bridgehead atoms. The van der Waals surface area contributed by atoms with Gasteiger partial charge >= 0.3 is 0 Å². The van der Waals surface area contributed by atoms with Crippen LogP contribution in [0.25, 0.3) is 0 Å². The van der Waals surface area contributed by atoms with E-state index in [9.17, 15) is 15.3 Å². The number of aromatic hydroxyl groups is 1. The van der Waals surface area contributed by atoms with Gasteiger partial charge in [-0.3, -0.25) is 0 Å². The molecule has 0 amide bonds. The topological polar surface area (TPSA) is 60.7 Å². The number of hydrogen-bond donors (Lipinski definition) is 3. The number of phenolic OH excluding ortho intramolecular Hbond substituents is 1. The highest BCUT2D eigenvalue weighted by Crippen LogP contribution is 2.29. The number of hydrogen-bond acceptors (Lipinski definition) is 3. The van der Waals surface area contributed by atoms with Crippen LogP contribution in [0.3, 0.4) is 0 Å². The van der Waals surface area contributed by atoms with Crippen LogP contribution in [0, 0.1) is 0 Å². The summed E-state index contributed by atoms with van der Waals surface area (Å²) < 4.78 is 0. The van der Waals surface area contributed by atoms with Gasteiger partial charge in [0, 0.05) is 12.8 Å². The van der Waals surface area contributed by atoms with E-state index in [1.807, 2.05) is 37.3 Å². The Morgan fingerprint density at radius 1 is 1.12 bits per heavy atom. The molecule has 2 atom stereocenters. The van der Waals surface area contributed by atoms with Gasteiger partial charge in [0.2, 0.25) is 0 Å². The molecule has 0 unspecified atom stereocenters. The van der Waals surface area contributed by atoms with Crippen LogP contribution in [0.1, 0.15) is 49.5 Å². The summed E-state index contributed by atoms with van der Waals surface area (Å²) in [6.07, 6.45) is 2.08. The number of phenols is 1. The minimum Gasteiger partial charge on any atom is -0.508 e. The lowest BCUT2D eigenvalue weighted by Gasteiger charge is -2.12. The van der Waals surface area contributed by atoms with Crippen molar-refractivity contribution in [2.24, 2.45) is 0 Å². The molecular weight excluding hydrogens is 336 g/mol. The Morgan fingerprint density at radius 2 is 1.84 bits per heavy atom. The summed E-state index contributed by atoms with van der Waals surface area (Å²) in [5, 5.41) is 30.2. The molecule has 0 spiro atoms. The van der Waals surface area contributed by atoms with Crippen molar-refractivity contribution >= 4 is 11.6 Å². The van der Waals surface area contributed by atoms with Gasteiger partial charge in [0.1, 0.15) is 5.75 Å². The normalized spacial score (nSPS) is 13.0. The molecule has 0 saturated heterocycles. The van der Waals surface area contributed by atoms with E-state index in [1.54, 1.807) is 12.1 Å². The molecule has 3 N–H and O–H groups in total. The van der Waals surface area contributed by atoms with E-state index < -0.39 is 12.2 Å². The third kappa shape index (κ3) is 5.77. The minimum absolute atomic E-state index is 0.0690. The van der Waals surface area contributed by atoms with Gasteiger partial charge in [0.25, 0.3) is 0 Å². The molecule has 0 aliphatic rings. The summed E-state index contributed by atoms with van der Waals surface area (Å²) in [6, 6.07) is 14.0. The molecule has 2 aromatic carbocycles. The first-order valence-electron chi connectivity index (χ1n) is 8.33. The van der Waals surface area contributed by atoms with Crippen LogP contribution >= 0.6 is 11.6 Å². The summed E-state index contributed by atoms with van der Waals surface area (Å²) in [7, 11) is 0. The van der Waals surface area contributed by atoms with Gasteiger partial charge in [-0.05, 0) is 41.3 Å². The van der Waals surface area contributed by atoms with Crippen molar-refractivity contribution in [3.8, 4) is 5.75 Å². The molecule has 3 nitrogen and oxygen atoms in total. The lowest BCUT2D eigenvalue weighted by Crippen LogP contribution is -1.98. The van der Waals surface area contributed by atoms with Crippen molar-refractivity contribution in [3.63, 3.8) is 0 Å². The second-order valence-electron chi connectivity index (χ2n) is 5.89. The SMILES string of the molecule is CCC(=C=CC[C@@H](O)c1ccc(O)cc1Cl)C[C@@H](O)c1ccccc1. The third-order valence-electron chi connectivity index (χ3n) is 4.04. The largest absolute Gasteiger partial charge is 0.508 e. The smallest absolute Gasteiger partial charge is 0.117 e. The Balaban J connectivity index is 2.03. The summed E-state index contributed by atoms with van der Waals surface area (Å²) in [4.78, 5) is 0. The Hall–Kier alpha value is -2.03. The lowest BCUT2D eigenvalue weighted by atomic mass is 10.00. The van der Waals surface area contributed by atoms with Crippen LogP contribution in [-0.4, -0.2) is 15.3 Å². The van der Waals surface area contributed by atoms with Gasteiger partial charge in [0.15, 0.2) is 0 Å². The number of benzene rings is 2. The van der Waals surface area contributed by atoms with Crippen LogP contribution in [-0.2, 0) is 0 Å². The number of aliphatic hydroxyl groups excluding tert-OH is 2. The summed E-state index contributed by atoms with van der Waals surface area (Å²) in [5.41, 5.74) is 5.62. The zero-order valence-electron chi connectivity index (χ0n) is 14.2. The summed E-state index contributed by atoms with van der Waals surface area (Å²) in [6.45, 7) is 2.02. The maximum absolute atomic E-state index is 10.3. The molecule has 0 aliphatic carbocycles. The monoisotopic (exact) mass is 358 g/mol. The fourth-order valence-corrected chi connectivity index (χ4v) is 2.86. The molecule has 0 heterocycles. The molecule has 0 saturated carbocycles. The first kappa shape index (κ1) is 19.3. The van der Waals surface area contributed by atoms with E-state index >= 15 is 0 Å². The van der Waals surface area contributed by atoms with Crippen molar-refractivity contribution in [2.75, 3.05) is 0 Å². The standard InChI is InChI=1S/C21H23ClO3/c1-2-15(13-21(25)16-8-4-3-5-9-16)7-6-10-20(24)18-12-11-17(23)14-19(18)22/h3-6,8-9,11-12,14,20-21,23-25H,2,10,13H2,1H3/t7?,20-,21-/m1/s1. The molecule has 0 fully saturated rings. The van der Waals surface area contributed by atoms with Crippen LogP contribution in [0.15, 0.2) is 65.9 Å². The van der Waals surface area contributed by atoms with Crippen molar-refractivity contribution in [3.05, 3.63) is 82.1 Å². The zero-order valence-corrected chi connectivity index (χ0v) is 14.9. The highest BCUT2D eigenvalue weighted by Gasteiger charge is 2.11. The van der Waals surface area contributed by atoms with Crippen molar-refractivity contribution in [1.29, 1.82) is 0 Å². The van der Waals surface area contributed by atoms with Crippen LogP contribution < -0.4 is 0 Å². The van der Waals surface area contributed by atoms with Crippen molar-refractivity contribution in [1.82, 2.24) is 0 Å². The van der Waals surface area contributed by atoms with Crippen LogP contribution in [0.5, 0.6) is 5.75 Å². The Bertz CT molecular complexity index is 749. The first-order chi connectivity index (χ1) is 12.0. The maximum Gasteiger partial charge on any atom is 0.117 e. The molecule has 132 valence electrons. The Kier molecular flexibility index (Phi) is 7.30. The first-order valence-corrected chi connectivity index (χ1v) is 8.71. The fraction of sp³-hybridized carbons (Fsp3) is 0.286. The van der Waals surface area contributed by atoms with Gasteiger partial charge in [-0.15, -0.1) is 5.73 Å². The lowest BCUT2D eigenvalue weighted by molar-refractivity contribution is 0.177. The van der Waals surface area contributed by atoms with E-state index in [0.29, 0.717) is 23.4 Å². The molecular formula is C21H23ClO3. The van der Waals surface area contributed by atoms with Crippen molar-refractivity contribution < 1.29 is 15.3 Å². The maximum atomic E-state index is 10.3. The average molecular weight is 359 g/mol. The Morgan fingerprint density at radius 3 is 2.48 bits per heavy atom. The number of rotatable bonds is 7. The Labute approximate surface area is 153 Å². The van der Waals surface area contributed by atoms with Gasteiger partial charge in [0.05, 0.1) is 17.2 Å². The van der Waals surface area contributed by atoms with E-state index in [-0.39, 0.29) is 5.75 Å².